The van der Waals surface area contributed by atoms with Crippen molar-refractivity contribution >= 4 is 11.6 Å². The molecule has 0 aliphatic carbocycles. The van der Waals surface area contributed by atoms with Crippen LogP contribution in [-0.4, -0.2) is 31.0 Å². The first-order chi connectivity index (χ1) is 12.3. The Morgan fingerprint density at radius 3 is 2.36 bits per heavy atom. The molecule has 1 heterocycles. The largest absolute Gasteiger partial charge is 0.495 e. The number of hydrogen-bond acceptors (Lipinski definition) is 3. The van der Waals surface area contributed by atoms with E-state index in [1.54, 1.807) is 7.11 Å². The monoisotopic (exact) mass is 338 g/mol. The lowest BCUT2D eigenvalue weighted by molar-refractivity contribution is 0.102. The second-order valence-electron chi connectivity index (χ2n) is 6.54. The van der Waals surface area contributed by atoms with Crippen LogP contribution >= 0.6 is 0 Å². The normalized spacial score (nSPS) is 15.4. The van der Waals surface area contributed by atoms with Gasteiger partial charge < -0.3 is 10.1 Å². The molecule has 1 amide bonds. The summed E-state index contributed by atoms with van der Waals surface area (Å²) in [6, 6.07) is 15.3. The summed E-state index contributed by atoms with van der Waals surface area (Å²) in [5, 5.41) is 2.91. The summed E-state index contributed by atoms with van der Waals surface area (Å²) in [5.41, 5.74) is 2.60. The van der Waals surface area contributed by atoms with Crippen LogP contribution in [-0.2, 0) is 6.54 Å². The van der Waals surface area contributed by atoms with Crippen LogP contribution in [0.1, 0.15) is 41.6 Å². The van der Waals surface area contributed by atoms with E-state index in [9.17, 15) is 4.79 Å². The zero-order chi connectivity index (χ0) is 17.5. The summed E-state index contributed by atoms with van der Waals surface area (Å²) in [7, 11) is 1.60. The van der Waals surface area contributed by atoms with Gasteiger partial charge in [-0.1, -0.05) is 37.1 Å². The number of para-hydroxylation sites is 2. The molecule has 0 bridgehead atoms. The summed E-state index contributed by atoms with van der Waals surface area (Å²) < 4.78 is 5.28. The van der Waals surface area contributed by atoms with Gasteiger partial charge in [0.15, 0.2) is 0 Å². The number of carbonyl (C=O) groups is 1. The topological polar surface area (TPSA) is 41.6 Å². The molecule has 4 heteroatoms. The second kappa shape index (κ2) is 8.67. The standard InChI is InChI=1S/C21H26N2O2/c1-25-20-9-5-4-8-19(20)22-21(24)18-12-10-17(11-13-18)16-23-14-6-2-3-7-15-23/h4-5,8-13H,2-3,6-7,14-16H2,1H3,(H,22,24). The van der Waals surface area contributed by atoms with Crippen molar-refractivity contribution in [2.24, 2.45) is 0 Å². The SMILES string of the molecule is COc1ccccc1NC(=O)c1ccc(CN2CCCCCC2)cc1. The summed E-state index contributed by atoms with van der Waals surface area (Å²) in [5.74, 6) is 0.541. The van der Waals surface area contributed by atoms with Crippen molar-refractivity contribution in [2.75, 3.05) is 25.5 Å². The van der Waals surface area contributed by atoms with Crippen LogP contribution in [0, 0.1) is 0 Å². The van der Waals surface area contributed by atoms with E-state index < -0.39 is 0 Å². The molecular weight excluding hydrogens is 312 g/mol. The minimum Gasteiger partial charge on any atom is -0.495 e. The summed E-state index contributed by atoms with van der Waals surface area (Å²) in [4.78, 5) is 15.0. The van der Waals surface area contributed by atoms with Crippen molar-refractivity contribution in [3.05, 3.63) is 59.7 Å². The van der Waals surface area contributed by atoms with Crippen molar-refractivity contribution in [3.8, 4) is 5.75 Å². The third-order valence-electron chi connectivity index (χ3n) is 4.68. The molecule has 1 N–H and O–H groups in total. The number of nitrogens with zero attached hydrogens (tertiary/aromatic N) is 1. The fraction of sp³-hybridized carbons (Fsp3) is 0.381. The second-order valence-corrected chi connectivity index (χ2v) is 6.54. The Balaban J connectivity index is 1.62. The minimum absolute atomic E-state index is 0.120. The van der Waals surface area contributed by atoms with Gasteiger partial charge in [-0.3, -0.25) is 9.69 Å². The molecule has 1 fully saturated rings. The van der Waals surface area contributed by atoms with Gasteiger partial charge in [0, 0.05) is 12.1 Å². The van der Waals surface area contributed by atoms with Crippen LogP contribution in [0.5, 0.6) is 5.75 Å². The zero-order valence-electron chi connectivity index (χ0n) is 14.8. The van der Waals surface area contributed by atoms with Crippen molar-refractivity contribution in [1.29, 1.82) is 0 Å². The zero-order valence-corrected chi connectivity index (χ0v) is 14.8. The molecule has 1 aliphatic rings. The number of nitrogens with one attached hydrogen (secondary N) is 1. The van der Waals surface area contributed by atoms with E-state index in [4.69, 9.17) is 4.74 Å². The number of benzene rings is 2. The highest BCUT2D eigenvalue weighted by molar-refractivity contribution is 6.05. The Hall–Kier alpha value is -2.33. The van der Waals surface area contributed by atoms with E-state index in [2.05, 4.69) is 22.3 Å². The quantitative estimate of drug-likeness (QED) is 0.882. The van der Waals surface area contributed by atoms with Crippen LogP contribution in [0.2, 0.25) is 0 Å². The maximum absolute atomic E-state index is 12.5. The van der Waals surface area contributed by atoms with E-state index in [-0.39, 0.29) is 5.91 Å². The van der Waals surface area contributed by atoms with Gasteiger partial charge in [-0.15, -0.1) is 0 Å². The predicted octanol–water partition coefficient (Wildman–Crippen LogP) is 4.32. The first-order valence-corrected chi connectivity index (χ1v) is 9.02. The van der Waals surface area contributed by atoms with Crippen LogP contribution in [0.15, 0.2) is 48.5 Å². The molecule has 4 nitrogen and oxygen atoms in total. The number of carbonyl (C=O) groups excluding carboxylic acids is 1. The number of anilines is 1. The van der Waals surface area contributed by atoms with E-state index in [1.807, 2.05) is 36.4 Å². The lowest BCUT2D eigenvalue weighted by atomic mass is 10.1. The fourth-order valence-corrected chi connectivity index (χ4v) is 3.26. The first kappa shape index (κ1) is 17.5. The minimum atomic E-state index is -0.120. The molecule has 132 valence electrons. The molecule has 1 aliphatic heterocycles. The number of rotatable bonds is 5. The fourth-order valence-electron chi connectivity index (χ4n) is 3.26. The Kier molecular flexibility index (Phi) is 6.07. The number of methoxy groups -OCH3 is 1. The Labute approximate surface area is 149 Å². The summed E-state index contributed by atoms with van der Waals surface area (Å²) >= 11 is 0. The Morgan fingerprint density at radius 2 is 1.68 bits per heavy atom. The molecule has 1 saturated heterocycles. The van der Waals surface area contributed by atoms with Gasteiger partial charge >= 0.3 is 0 Å². The van der Waals surface area contributed by atoms with Crippen molar-refractivity contribution < 1.29 is 9.53 Å². The highest BCUT2D eigenvalue weighted by atomic mass is 16.5. The lowest BCUT2D eigenvalue weighted by Crippen LogP contribution is -2.24. The average molecular weight is 338 g/mol. The molecule has 0 radical (unpaired) electrons. The van der Waals surface area contributed by atoms with Gasteiger partial charge in [-0.2, -0.15) is 0 Å². The van der Waals surface area contributed by atoms with Gasteiger partial charge in [0.1, 0.15) is 5.75 Å². The Bertz CT molecular complexity index is 689. The summed E-state index contributed by atoms with van der Waals surface area (Å²) in [6.07, 6.45) is 5.27. The van der Waals surface area contributed by atoms with Gasteiger partial charge in [-0.25, -0.2) is 0 Å². The molecule has 2 aromatic rings. The number of hydrogen-bond donors (Lipinski definition) is 1. The summed E-state index contributed by atoms with van der Waals surface area (Å²) in [6.45, 7) is 3.32. The first-order valence-electron chi connectivity index (χ1n) is 9.02. The van der Waals surface area contributed by atoms with Crippen molar-refractivity contribution in [2.45, 2.75) is 32.2 Å². The molecule has 25 heavy (non-hydrogen) atoms. The lowest BCUT2D eigenvalue weighted by Gasteiger charge is -2.19. The van der Waals surface area contributed by atoms with Gasteiger partial charge in [0.05, 0.1) is 12.8 Å². The molecule has 0 aromatic heterocycles. The molecule has 3 rings (SSSR count). The van der Waals surface area contributed by atoms with Crippen molar-refractivity contribution in [3.63, 3.8) is 0 Å². The molecule has 0 unspecified atom stereocenters. The smallest absolute Gasteiger partial charge is 0.255 e. The molecule has 0 spiro atoms. The molecule has 2 aromatic carbocycles. The maximum atomic E-state index is 12.5. The maximum Gasteiger partial charge on any atom is 0.255 e. The van der Waals surface area contributed by atoms with E-state index in [1.165, 1.54) is 44.3 Å². The predicted molar refractivity (Wildman–Crippen MR) is 101 cm³/mol. The van der Waals surface area contributed by atoms with E-state index in [0.29, 0.717) is 17.0 Å². The Morgan fingerprint density at radius 1 is 1.00 bits per heavy atom. The highest BCUT2D eigenvalue weighted by Gasteiger charge is 2.11. The number of ether oxygens (including phenoxy) is 1. The number of amides is 1. The van der Waals surface area contributed by atoms with E-state index in [0.717, 1.165) is 6.54 Å². The van der Waals surface area contributed by atoms with Crippen LogP contribution in [0.25, 0.3) is 0 Å². The van der Waals surface area contributed by atoms with Gasteiger partial charge in [-0.05, 0) is 55.8 Å². The number of likely N-dealkylation sites (tertiary alicyclic amines) is 1. The molecular formula is C21H26N2O2. The van der Waals surface area contributed by atoms with Crippen molar-refractivity contribution in [1.82, 2.24) is 4.90 Å². The van der Waals surface area contributed by atoms with E-state index >= 15 is 0 Å². The highest BCUT2D eigenvalue weighted by Crippen LogP contribution is 2.23. The van der Waals surface area contributed by atoms with Gasteiger partial charge in [0.25, 0.3) is 5.91 Å². The molecule has 0 atom stereocenters. The average Bonchev–Trinajstić information content (AvgIpc) is 2.91. The third-order valence-corrected chi connectivity index (χ3v) is 4.68. The van der Waals surface area contributed by atoms with Gasteiger partial charge in [0.2, 0.25) is 0 Å². The van der Waals surface area contributed by atoms with Crippen LogP contribution in [0.4, 0.5) is 5.69 Å². The van der Waals surface area contributed by atoms with Crippen LogP contribution < -0.4 is 10.1 Å². The third kappa shape index (κ3) is 4.83. The van der Waals surface area contributed by atoms with Crippen LogP contribution in [0.3, 0.4) is 0 Å². The molecule has 0 saturated carbocycles.